The molecule has 7 atom stereocenters. The Bertz CT molecular complexity index is 1140. The van der Waals surface area contributed by atoms with Crippen LogP contribution in [0.1, 0.15) is 27.2 Å². The van der Waals surface area contributed by atoms with E-state index >= 15 is 0 Å². The summed E-state index contributed by atoms with van der Waals surface area (Å²) in [7, 11) is 0. The van der Waals surface area contributed by atoms with E-state index in [1.807, 2.05) is 19.9 Å². The summed E-state index contributed by atoms with van der Waals surface area (Å²) in [4.78, 5) is 44.9. The van der Waals surface area contributed by atoms with Gasteiger partial charge in [-0.1, -0.05) is 50.1 Å². The number of amides is 2. The lowest BCUT2D eigenvalue weighted by atomic mass is 9.75. The molecular formula is C27H31ClN2O6. The highest BCUT2D eigenvalue weighted by atomic mass is 35.5. The molecule has 5 rings (SSSR count). The van der Waals surface area contributed by atoms with Crippen LogP contribution in [0.25, 0.3) is 0 Å². The van der Waals surface area contributed by atoms with Gasteiger partial charge < -0.3 is 24.4 Å². The van der Waals surface area contributed by atoms with Gasteiger partial charge in [0.15, 0.2) is 0 Å². The Labute approximate surface area is 215 Å². The number of hydrogen-bond donors (Lipinski definition) is 1. The van der Waals surface area contributed by atoms with Gasteiger partial charge in [0.2, 0.25) is 5.91 Å². The van der Waals surface area contributed by atoms with Gasteiger partial charge in [0.25, 0.3) is 5.91 Å². The number of nitrogens with zero attached hydrogens (tertiary/aromatic N) is 2. The van der Waals surface area contributed by atoms with Gasteiger partial charge in [-0.15, -0.1) is 0 Å². The van der Waals surface area contributed by atoms with Gasteiger partial charge in [0.1, 0.15) is 24.2 Å². The molecule has 1 spiro atoms. The molecule has 36 heavy (non-hydrogen) atoms. The first-order chi connectivity index (χ1) is 17.2. The van der Waals surface area contributed by atoms with E-state index in [2.05, 4.69) is 0 Å². The molecule has 0 bridgehead atoms. The predicted molar refractivity (Wildman–Crippen MR) is 133 cm³/mol. The minimum atomic E-state index is -1.39. The predicted octanol–water partition coefficient (Wildman–Crippen LogP) is 2.73. The van der Waals surface area contributed by atoms with Crippen molar-refractivity contribution < 1.29 is 29.0 Å². The molecule has 4 aliphatic heterocycles. The van der Waals surface area contributed by atoms with Crippen molar-refractivity contribution in [3.63, 3.8) is 0 Å². The Balaban J connectivity index is 1.69. The van der Waals surface area contributed by atoms with Crippen molar-refractivity contribution >= 4 is 35.1 Å². The van der Waals surface area contributed by atoms with Crippen molar-refractivity contribution in [2.45, 2.75) is 50.5 Å². The van der Waals surface area contributed by atoms with Crippen LogP contribution in [0.3, 0.4) is 0 Å². The number of ether oxygens (including phenoxy) is 2. The molecule has 2 fully saturated rings. The van der Waals surface area contributed by atoms with Crippen molar-refractivity contribution in [1.29, 1.82) is 0 Å². The molecule has 0 radical (unpaired) electrons. The molecule has 0 saturated carbocycles. The van der Waals surface area contributed by atoms with Crippen LogP contribution < -0.4 is 4.90 Å². The van der Waals surface area contributed by atoms with Crippen molar-refractivity contribution in [3.8, 4) is 0 Å². The molecule has 0 aromatic heterocycles. The van der Waals surface area contributed by atoms with Crippen LogP contribution in [0.5, 0.6) is 0 Å². The van der Waals surface area contributed by atoms with Crippen LogP contribution in [0.2, 0.25) is 5.02 Å². The lowest BCUT2D eigenvalue weighted by Crippen LogP contribution is -2.60. The van der Waals surface area contributed by atoms with E-state index in [0.29, 0.717) is 17.1 Å². The number of aliphatic hydroxyl groups is 1. The first kappa shape index (κ1) is 25.0. The standard InChI is InChI=1S/C27H31ClN2O6/c1-4-16(2)19(15-31)30-22-24(33)29(18-9-7-17(28)8-10-18)13-5-12-27(22)20(23(30)32)21-25(34)35-14-6-11-26(21,3)36-27/h5-12,16,19-22,31H,4,13-15H2,1-3H3/t16-,19-,20-,21+,22?,26-,27-/m0/s1. The molecule has 4 heterocycles. The number of aliphatic hydroxyl groups excluding tert-OH is 1. The third-order valence-electron chi connectivity index (χ3n) is 8.23. The number of anilines is 1. The third-order valence-corrected chi connectivity index (χ3v) is 8.49. The SMILES string of the molecule is CC[C@H](C)[C@H](CO)N1C(=O)[C@@H]2[C@@H]3C(=O)OCC=C[C@]3(C)O[C@@]23C=CCN(c2ccc(Cl)cc2)C(=O)C13. The third kappa shape index (κ3) is 3.53. The first-order valence-corrected chi connectivity index (χ1v) is 12.8. The fraction of sp³-hybridized carbons (Fsp3) is 0.519. The molecule has 0 aliphatic carbocycles. The summed E-state index contributed by atoms with van der Waals surface area (Å²) >= 11 is 6.08. The average molecular weight is 515 g/mol. The second-order valence-electron chi connectivity index (χ2n) is 10.2. The number of halogens is 1. The normalized spacial score (nSPS) is 35.0. The molecule has 1 aromatic rings. The molecule has 1 N–H and O–H groups in total. The highest BCUT2D eigenvalue weighted by Gasteiger charge is 2.75. The second kappa shape index (κ2) is 9.01. The number of cyclic esters (lactones) is 1. The number of hydrogen-bond acceptors (Lipinski definition) is 6. The lowest BCUT2D eigenvalue weighted by molar-refractivity contribution is -0.158. The summed E-state index contributed by atoms with van der Waals surface area (Å²) in [5.74, 6) is -3.22. The Morgan fingerprint density at radius 1 is 1.11 bits per heavy atom. The van der Waals surface area contributed by atoms with Crippen LogP contribution in [-0.2, 0) is 23.9 Å². The van der Waals surface area contributed by atoms with E-state index in [9.17, 15) is 19.5 Å². The van der Waals surface area contributed by atoms with E-state index in [-0.39, 0.29) is 37.5 Å². The van der Waals surface area contributed by atoms with E-state index < -0.39 is 41.1 Å². The molecule has 1 unspecified atom stereocenters. The molecule has 2 amide bonds. The maximum absolute atomic E-state index is 14.4. The number of rotatable bonds is 5. The van der Waals surface area contributed by atoms with Gasteiger partial charge in [-0.2, -0.15) is 0 Å². The lowest BCUT2D eigenvalue weighted by Gasteiger charge is -2.41. The van der Waals surface area contributed by atoms with Crippen molar-refractivity contribution in [1.82, 2.24) is 4.90 Å². The van der Waals surface area contributed by atoms with Gasteiger partial charge in [0, 0.05) is 17.3 Å². The van der Waals surface area contributed by atoms with Crippen LogP contribution in [0, 0.1) is 17.8 Å². The zero-order chi connectivity index (χ0) is 25.8. The molecule has 2 saturated heterocycles. The number of benzene rings is 1. The number of esters is 1. The van der Waals surface area contributed by atoms with Gasteiger partial charge >= 0.3 is 5.97 Å². The summed E-state index contributed by atoms with van der Waals surface area (Å²) in [6.45, 7) is 5.72. The Hall–Kier alpha value is -2.68. The summed E-state index contributed by atoms with van der Waals surface area (Å²) in [6.07, 6.45) is 7.77. The monoisotopic (exact) mass is 514 g/mol. The number of carbonyl (C=O) groups excluding carboxylic acids is 3. The van der Waals surface area contributed by atoms with E-state index in [1.54, 1.807) is 54.3 Å². The van der Waals surface area contributed by atoms with Crippen LogP contribution in [0.4, 0.5) is 5.69 Å². The quantitative estimate of drug-likeness (QED) is 0.479. The highest BCUT2D eigenvalue weighted by Crippen LogP contribution is 2.58. The van der Waals surface area contributed by atoms with Crippen LogP contribution >= 0.6 is 11.6 Å². The Morgan fingerprint density at radius 2 is 1.83 bits per heavy atom. The summed E-state index contributed by atoms with van der Waals surface area (Å²) < 4.78 is 12.1. The molecular weight excluding hydrogens is 484 g/mol. The second-order valence-corrected chi connectivity index (χ2v) is 10.7. The molecule has 9 heteroatoms. The van der Waals surface area contributed by atoms with Crippen molar-refractivity contribution in [3.05, 3.63) is 53.6 Å². The van der Waals surface area contributed by atoms with E-state index in [1.165, 1.54) is 4.90 Å². The van der Waals surface area contributed by atoms with Gasteiger partial charge in [-0.05, 0) is 43.2 Å². The average Bonchev–Trinajstić information content (AvgIpc) is 3.11. The van der Waals surface area contributed by atoms with Gasteiger partial charge in [0.05, 0.1) is 24.2 Å². The number of carbonyl (C=O) groups is 3. The summed E-state index contributed by atoms with van der Waals surface area (Å²) in [5, 5.41) is 11.0. The van der Waals surface area contributed by atoms with Crippen LogP contribution in [-0.4, -0.2) is 70.8 Å². The number of likely N-dealkylation sites (tertiary alicyclic amines) is 1. The molecule has 192 valence electrons. The molecule has 8 nitrogen and oxygen atoms in total. The minimum Gasteiger partial charge on any atom is -0.461 e. The van der Waals surface area contributed by atoms with Gasteiger partial charge in [-0.25, -0.2) is 0 Å². The fourth-order valence-corrected chi connectivity index (χ4v) is 6.45. The fourth-order valence-electron chi connectivity index (χ4n) is 6.32. The highest BCUT2D eigenvalue weighted by molar-refractivity contribution is 6.30. The zero-order valence-corrected chi connectivity index (χ0v) is 21.4. The number of fused-ring (bicyclic) bond motifs is 2. The van der Waals surface area contributed by atoms with Crippen LogP contribution in [0.15, 0.2) is 48.6 Å². The maximum atomic E-state index is 14.4. The largest absolute Gasteiger partial charge is 0.461 e. The zero-order valence-electron chi connectivity index (χ0n) is 20.6. The molecule has 4 aliphatic rings. The Morgan fingerprint density at radius 3 is 2.50 bits per heavy atom. The van der Waals surface area contributed by atoms with E-state index in [0.717, 1.165) is 0 Å². The van der Waals surface area contributed by atoms with E-state index in [4.69, 9.17) is 21.1 Å². The summed E-state index contributed by atoms with van der Waals surface area (Å²) in [5.41, 5.74) is -1.89. The summed E-state index contributed by atoms with van der Waals surface area (Å²) in [6, 6.07) is 5.23. The smallest absolute Gasteiger partial charge is 0.313 e. The van der Waals surface area contributed by atoms with Crippen molar-refractivity contribution in [2.24, 2.45) is 17.8 Å². The topological polar surface area (TPSA) is 96.4 Å². The maximum Gasteiger partial charge on any atom is 0.313 e. The minimum absolute atomic E-state index is 0.0915. The Kier molecular flexibility index (Phi) is 6.25. The first-order valence-electron chi connectivity index (χ1n) is 12.4. The van der Waals surface area contributed by atoms with Gasteiger partial charge in [-0.3, -0.25) is 14.4 Å². The molecule has 1 aromatic carbocycles. The van der Waals surface area contributed by atoms with Crippen molar-refractivity contribution in [2.75, 3.05) is 24.7 Å².